The second-order valence-corrected chi connectivity index (χ2v) is 10.1. The summed E-state index contributed by atoms with van der Waals surface area (Å²) in [4.78, 5) is 31.6. The van der Waals surface area contributed by atoms with Crippen LogP contribution in [0.5, 0.6) is 0 Å². The van der Waals surface area contributed by atoms with Crippen LogP contribution in [0.25, 0.3) is 0 Å². The van der Waals surface area contributed by atoms with E-state index in [1.807, 2.05) is 11.4 Å². The minimum absolute atomic E-state index is 0.107. The van der Waals surface area contributed by atoms with E-state index in [0.29, 0.717) is 40.8 Å². The van der Waals surface area contributed by atoms with Crippen LogP contribution in [0.15, 0.2) is 46.0 Å². The summed E-state index contributed by atoms with van der Waals surface area (Å²) in [6.07, 6.45) is 0.530. The van der Waals surface area contributed by atoms with Crippen LogP contribution in [-0.2, 0) is 34.2 Å². The van der Waals surface area contributed by atoms with Gasteiger partial charge in [0.1, 0.15) is 0 Å². The fraction of sp³-hybridized carbons (Fsp3) is 0.211. The number of nitrogens with zero attached hydrogens (tertiary/aromatic N) is 2. The highest BCUT2D eigenvalue weighted by atomic mass is 32.2. The lowest BCUT2D eigenvalue weighted by atomic mass is 9.99. The number of primary sulfonamides is 1. The van der Waals surface area contributed by atoms with Crippen LogP contribution in [0, 0.1) is 0 Å². The third kappa shape index (κ3) is 4.43. The molecular formula is C19H18N4O4S3. The first kappa shape index (κ1) is 20.7. The van der Waals surface area contributed by atoms with E-state index in [4.69, 9.17) is 5.14 Å². The van der Waals surface area contributed by atoms with Crippen molar-refractivity contribution in [3.05, 3.63) is 62.8 Å². The lowest BCUT2D eigenvalue weighted by Crippen LogP contribution is -2.37. The predicted octanol–water partition coefficient (Wildman–Crippen LogP) is 2.23. The van der Waals surface area contributed by atoms with E-state index in [1.54, 1.807) is 28.5 Å². The molecule has 0 unspecified atom stereocenters. The number of carbonyl (C=O) groups excluding carboxylic acids is 2. The maximum Gasteiger partial charge on any atom is 0.267 e. The van der Waals surface area contributed by atoms with E-state index < -0.39 is 10.0 Å². The molecule has 3 heterocycles. The SMILES string of the molecule is NS(=O)(=O)c1cccc2c1CCN(C(=O)Cc1csc(NC(=O)c3cccs3)n1)C2. The van der Waals surface area contributed by atoms with Crippen LogP contribution in [0.4, 0.5) is 5.13 Å². The Bertz CT molecular complexity index is 1200. The Hall–Kier alpha value is -2.60. The Morgan fingerprint density at radius 1 is 1.20 bits per heavy atom. The van der Waals surface area contributed by atoms with Crippen molar-refractivity contribution in [2.75, 3.05) is 11.9 Å². The first-order valence-electron chi connectivity index (χ1n) is 9.02. The summed E-state index contributed by atoms with van der Waals surface area (Å²) < 4.78 is 23.6. The minimum atomic E-state index is -3.80. The Morgan fingerprint density at radius 2 is 2.03 bits per heavy atom. The smallest absolute Gasteiger partial charge is 0.267 e. The number of hydrogen-bond acceptors (Lipinski definition) is 7. The number of thiophene rings is 1. The van der Waals surface area contributed by atoms with Gasteiger partial charge in [0, 0.05) is 18.5 Å². The van der Waals surface area contributed by atoms with Gasteiger partial charge in [-0.1, -0.05) is 18.2 Å². The molecule has 3 aromatic rings. The molecule has 0 fully saturated rings. The van der Waals surface area contributed by atoms with Crippen LogP contribution >= 0.6 is 22.7 Å². The summed E-state index contributed by atoms with van der Waals surface area (Å²) in [6, 6.07) is 8.47. The van der Waals surface area contributed by atoms with Gasteiger partial charge < -0.3 is 4.90 Å². The number of nitrogens with two attached hydrogens (primary N) is 1. The van der Waals surface area contributed by atoms with Gasteiger partial charge in [0.25, 0.3) is 5.91 Å². The maximum atomic E-state index is 12.7. The highest BCUT2D eigenvalue weighted by Crippen LogP contribution is 2.26. The van der Waals surface area contributed by atoms with Gasteiger partial charge in [-0.05, 0) is 35.1 Å². The number of thiazole rings is 1. The molecule has 3 N–H and O–H groups in total. The number of hydrogen-bond donors (Lipinski definition) is 2. The van der Waals surface area contributed by atoms with E-state index in [1.165, 1.54) is 28.7 Å². The van der Waals surface area contributed by atoms with Crippen LogP contribution in [0.1, 0.15) is 26.5 Å². The summed E-state index contributed by atoms with van der Waals surface area (Å²) in [5, 5.41) is 12.1. The zero-order valence-corrected chi connectivity index (χ0v) is 18.1. The number of nitrogens with one attached hydrogen (secondary N) is 1. The van der Waals surface area contributed by atoms with Gasteiger partial charge >= 0.3 is 0 Å². The fourth-order valence-corrected chi connectivity index (χ4v) is 5.50. The molecule has 0 spiro atoms. The zero-order valence-electron chi connectivity index (χ0n) is 15.7. The second kappa shape index (κ2) is 8.26. The van der Waals surface area contributed by atoms with E-state index in [9.17, 15) is 18.0 Å². The van der Waals surface area contributed by atoms with Crippen molar-refractivity contribution in [3.63, 3.8) is 0 Å². The van der Waals surface area contributed by atoms with Crippen molar-refractivity contribution < 1.29 is 18.0 Å². The van der Waals surface area contributed by atoms with Crippen molar-refractivity contribution in [2.45, 2.75) is 24.3 Å². The molecular weight excluding hydrogens is 444 g/mol. The third-order valence-electron chi connectivity index (χ3n) is 4.73. The first-order chi connectivity index (χ1) is 14.3. The van der Waals surface area contributed by atoms with E-state index in [2.05, 4.69) is 10.3 Å². The molecule has 4 rings (SSSR count). The first-order valence-corrected chi connectivity index (χ1v) is 12.3. The predicted molar refractivity (Wildman–Crippen MR) is 115 cm³/mol. The maximum absolute atomic E-state index is 12.7. The number of sulfonamides is 1. The number of benzene rings is 1. The lowest BCUT2D eigenvalue weighted by molar-refractivity contribution is -0.131. The van der Waals surface area contributed by atoms with Gasteiger partial charge in [-0.25, -0.2) is 18.5 Å². The molecule has 8 nitrogen and oxygen atoms in total. The molecule has 2 aromatic heterocycles. The van der Waals surface area contributed by atoms with Crippen LogP contribution in [-0.4, -0.2) is 36.7 Å². The molecule has 2 amide bonds. The van der Waals surface area contributed by atoms with Crippen LogP contribution < -0.4 is 10.5 Å². The molecule has 1 aliphatic heterocycles. The largest absolute Gasteiger partial charge is 0.338 e. The molecule has 156 valence electrons. The quantitative estimate of drug-likeness (QED) is 0.602. The number of amides is 2. The number of rotatable bonds is 5. The van der Waals surface area contributed by atoms with Gasteiger partial charge in [-0.2, -0.15) is 0 Å². The van der Waals surface area contributed by atoms with Crippen molar-refractivity contribution in [1.82, 2.24) is 9.88 Å². The van der Waals surface area contributed by atoms with Crippen molar-refractivity contribution >= 4 is 49.6 Å². The summed E-state index contributed by atoms with van der Waals surface area (Å²) in [6.45, 7) is 0.730. The molecule has 1 aromatic carbocycles. The molecule has 11 heteroatoms. The van der Waals surface area contributed by atoms with E-state index in [0.717, 1.165) is 5.56 Å². The molecule has 0 aliphatic carbocycles. The van der Waals surface area contributed by atoms with Gasteiger partial charge in [-0.3, -0.25) is 14.9 Å². The van der Waals surface area contributed by atoms with Crippen molar-refractivity contribution in [2.24, 2.45) is 5.14 Å². The van der Waals surface area contributed by atoms with Gasteiger partial charge in [0.05, 0.1) is 21.9 Å². The normalized spacial score (nSPS) is 13.7. The minimum Gasteiger partial charge on any atom is -0.338 e. The topological polar surface area (TPSA) is 122 Å². The standard InChI is InChI=1S/C19H18N4O4S3/c20-30(26,27)16-5-1-3-12-10-23(7-6-14(12)16)17(24)9-13-11-29-19(21-13)22-18(25)15-4-2-8-28-15/h1-5,8,11H,6-7,9-10H2,(H2,20,26,27)(H,21,22,25). The number of aromatic nitrogens is 1. The molecule has 0 radical (unpaired) electrons. The molecule has 0 atom stereocenters. The highest BCUT2D eigenvalue weighted by Gasteiger charge is 2.26. The Kier molecular flexibility index (Phi) is 5.69. The van der Waals surface area contributed by atoms with Gasteiger partial charge in [0.15, 0.2) is 5.13 Å². The van der Waals surface area contributed by atoms with E-state index >= 15 is 0 Å². The fourth-order valence-electron chi connectivity index (χ4n) is 3.33. The molecule has 0 saturated carbocycles. The summed E-state index contributed by atoms with van der Waals surface area (Å²) >= 11 is 2.61. The second-order valence-electron chi connectivity index (χ2n) is 6.76. The van der Waals surface area contributed by atoms with Gasteiger partial charge in [-0.15, -0.1) is 22.7 Å². The zero-order chi connectivity index (χ0) is 21.3. The lowest BCUT2D eigenvalue weighted by Gasteiger charge is -2.29. The molecule has 0 bridgehead atoms. The average molecular weight is 463 g/mol. The number of fused-ring (bicyclic) bond motifs is 1. The number of anilines is 1. The van der Waals surface area contributed by atoms with Gasteiger partial charge in [0.2, 0.25) is 15.9 Å². The number of carbonyl (C=O) groups is 2. The molecule has 1 aliphatic rings. The average Bonchev–Trinajstić information content (AvgIpc) is 3.38. The third-order valence-corrected chi connectivity index (χ3v) is 7.40. The Balaban J connectivity index is 1.41. The summed E-state index contributed by atoms with van der Waals surface area (Å²) in [5.74, 6) is -0.335. The summed E-state index contributed by atoms with van der Waals surface area (Å²) in [5.41, 5.74) is 2.04. The molecule has 30 heavy (non-hydrogen) atoms. The Labute approximate surface area is 181 Å². The monoisotopic (exact) mass is 462 g/mol. The highest BCUT2D eigenvalue weighted by molar-refractivity contribution is 7.89. The van der Waals surface area contributed by atoms with Crippen molar-refractivity contribution in [1.29, 1.82) is 0 Å². The summed E-state index contributed by atoms with van der Waals surface area (Å²) in [7, 11) is -3.80. The molecule has 0 saturated heterocycles. The van der Waals surface area contributed by atoms with E-state index in [-0.39, 0.29) is 23.1 Å². The van der Waals surface area contributed by atoms with Crippen molar-refractivity contribution in [3.8, 4) is 0 Å². The Morgan fingerprint density at radius 3 is 2.77 bits per heavy atom. The van der Waals surface area contributed by atoms with Crippen LogP contribution in [0.3, 0.4) is 0 Å². The van der Waals surface area contributed by atoms with Crippen LogP contribution in [0.2, 0.25) is 0 Å².